The average molecular weight is 274 g/mol. The van der Waals surface area contributed by atoms with E-state index in [4.69, 9.17) is 0 Å². The van der Waals surface area contributed by atoms with E-state index in [0.717, 1.165) is 0 Å². The molecule has 2 heteroatoms. The summed E-state index contributed by atoms with van der Waals surface area (Å²) in [6.45, 7) is 0. The molecule has 0 heterocycles. The third-order valence-electron chi connectivity index (χ3n) is 2.58. The van der Waals surface area contributed by atoms with E-state index in [2.05, 4.69) is 29.6 Å². The van der Waals surface area contributed by atoms with Crippen LogP contribution in [0.4, 0.5) is 0 Å². The molecule has 0 spiro atoms. The van der Waals surface area contributed by atoms with E-state index >= 15 is 0 Å². The van der Waals surface area contributed by atoms with Crippen molar-refractivity contribution in [3.8, 4) is 0 Å². The molecular weight excluding hydrogens is 249 g/mol. The van der Waals surface area contributed by atoms with E-state index in [-0.39, 0.29) is 0 Å². The topological polar surface area (TPSA) is 0 Å². The molecule has 0 amide bonds. The van der Waals surface area contributed by atoms with Gasteiger partial charge >= 0.3 is 95.4 Å². The molecule has 1 fully saturated rings. The minimum absolute atomic E-state index is 0.671. The van der Waals surface area contributed by atoms with Crippen LogP contribution in [-0.4, -0.2) is 29.9 Å². The minimum atomic E-state index is -1.28. The first-order chi connectivity index (χ1) is 6.47. The summed E-state index contributed by atoms with van der Waals surface area (Å²) in [6, 6.07) is 0. The summed E-state index contributed by atoms with van der Waals surface area (Å²) in [4.78, 5) is 0. The summed E-state index contributed by atoms with van der Waals surface area (Å²) >= 11 is -1.28. The first kappa shape index (κ1) is 12.7. The van der Waals surface area contributed by atoms with Gasteiger partial charge in [0, 0.05) is 0 Å². The Morgan fingerprint density at radius 1 is 1.21 bits per heavy atom. The molecular formula is C12H25GeS+. The zero-order valence-corrected chi connectivity index (χ0v) is 13.1. The van der Waals surface area contributed by atoms with Crippen molar-refractivity contribution in [2.24, 2.45) is 0 Å². The Bertz CT molecular complexity index is 195. The van der Waals surface area contributed by atoms with E-state index in [1.807, 2.05) is 0 Å². The Morgan fingerprint density at radius 2 is 1.79 bits per heavy atom. The molecule has 0 nitrogen and oxygen atoms in total. The van der Waals surface area contributed by atoms with Crippen molar-refractivity contribution < 1.29 is 0 Å². The van der Waals surface area contributed by atoms with E-state index in [1.54, 1.807) is 10.2 Å². The first-order valence-corrected chi connectivity index (χ1v) is 15.5. The van der Waals surface area contributed by atoms with Crippen LogP contribution < -0.4 is 0 Å². The Morgan fingerprint density at radius 3 is 2.29 bits per heavy atom. The maximum absolute atomic E-state index is 2.56. The summed E-state index contributed by atoms with van der Waals surface area (Å²) in [7, 11) is 0.671. The van der Waals surface area contributed by atoms with Gasteiger partial charge in [-0.1, -0.05) is 0 Å². The summed E-state index contributed by atoms with van der Waals surface area (Å²) in [5, 5.41) is 0. The van der Waals surface area contributed by atoms with Gasteiger partial charge in [-0.3, -0.25) is 0 Å². The van der Waals surface area contributed by atoms with Gasteiger partial charge in [-0.15, -0.1) is 0 Å². The third kappa shape index (κ3) is 5.50. The van der Waals surface area contributed by atoms with Crippen molar-refractivity contribution in [3.05, 3.63) is 11.6 Å². The van der Waals surface area contributed by atoms with E-state index < -0.39 is 13.3 Å². The van der Waals surface area contributed by atoms with Gasteiger partial charge in [0.25, 0.3) is 0 Å². The van der Waals surface area contributed by atoms with Crippen molar-refractivity contribution in [1.29, 1.82) is 0 Å². The van der Waals surface area contributed by atoms with E-state index in [9.17, 15) is 0 Å². The fourth-order valence-electron chi connectivity index (χ4n) is 2.09. The van der Waals surface area contributed by atoms with Gasteiger partial charge in [0.15, 0.2) is 0 Å². The summed E-state index contributed by atoms with van der Waals surface area (Å²) < 4.78 is 1.56. The second-order valence-corrected chi connectivity index (χ2v) is 20.5. The zero-order valence-electron chi connectivity index (χ0n) is 10.2. The van der Waals surface area contributed by atoms with Gasteiger partial charge in [0.1, 0.15) is 0 Å². The summed E-state index contributed by atoms with van der Waals surface area (Å²) in [5.74, 6) is 8.97. The van der Waals surface area contributed by atoms with E-state index in [0.29, 0.717) is 10.9 Å². The van der Waals surface area contributed by atoms with Crippen LogP contribution in [-0.2, 0) is 10.9 Å². The summed E-state index contributed by atoms with van der Waals surface area (Å²) in [6.07, 6.45) is 10.7. The Balaban J connectivity index is 2.26. The molecule has 14 heavy (non-hydrogen) atoms. The van der Waals surface area contributed by atoms with Gasteiger partial charge in [0.2, 0.25) is 0 Å². The molecule has 0 aromatic heterocycles. The van der Waals surface area contributed by atoms with Crippen LogP contribution in [0.1, 0.15) is 25.7 Å². The maximum atomic E-state index is 2.56. The predicted molar refractivity (Wildman–Crippen MR) is 72.9 cm³/mol. The van der Waals surface area contributed by atoms with Crippen LogP contribution in [0.2, 0.25) is 17.3 Å². The van der Waals surface area contributed by atoms with Crippen molar-refractivity contribution in [3.63, 3.8) is 0 Å². The second-order valence-electron chi connectivity index (χ2n) is 5.72. The number of hydrogen-bond donors (Lipinski definition) is 0. The van der Waals surface area contributed by atoms with Crippen LogP contribution in [0.25, 0.3) is 0 Å². The normalized spacial score (nSPS) is 19.9. The molecule has 0 N–H and O–H groups in total. The third-order valence-corrected chi connectivity index (χ3v) is 13.2. The SMILES string of the molecule is C[S+](CC=C1CCCC1)[CH2][Ge]([CH3])([CH3])[CH3]. The van der Waals surface area contributed by atoms with Crippen molar-refractivity contribution in [2.75, 3.05) is 16.6 Å². The molecule has 1 atom stereocenters. The number of hydrogen-bond acceptors (Lipinski definition) is 0. The molecule has 1 unspecified atom stereocenters. The molecule has 1 saturated carbocycles. The molecule has 0 radical (unpaired) electrons. The standard InChI is InChI=1S/C12H25GeS/c1-13(2,3)11-14(4)10-9-12-7-5-6-8-12/h9H,5-8,10-11H2,1-4H3/q+1. The quantitative estimate of drug-likeness (QED) is 0.417. The van der Waals surface area contributed by atoms with Crippen LogP contribution in [0.3, 0.4) is 0 Å². The van der Waals surface area contributed by atoms with E-state index in [1.165, 1.54) is 31.4 Å². The van der Waals surface area contributed by atoms with Crippen LogP contribution in [0.5, 0.6) is 0 Å². The van der Waals surface area contributed by atoms with Crippen LogP contribution >= 0.6 is 0 Å². The number of rotatable bonds is 4. The van der Waals surface area contributed by atoms with Crippen molar-refractivity contribution >= 4 is 24.2 Å². The molecule has 0 aliphatic heterocycles. The van der Waals surface area contributed by atoms with Crippen molar-refractivity contribution in [1.82, 2.24) is 0 Å². The Kier molecular flexibility index (Phi) is 5.12. The van der Waals surface area contributed by atoms with Gasteiger partial charge in [-0.05, 0) is 0 Å². The molecule has 82 valence electrons. The number of allylic oxidation sites excluding steroid dienone is 1. The monoisotopic (exact) mass is 275 g/mol. The molecule has 0 aromatic carbocycles. The molecule has 1 aliphatic rings. The Labute approximate surface area is 95.3 Å². The van der Waals surface area contributed by atoms with Gasteiger partial charge < -0.3 is 0 Å². The van der Waals surface area contributed by atoms with Gasteiger partial charge in [-0.2, -0.15) is 0 Å². The predicted octanol–water partition coefficient (Wildman–Crippen LogP) is 3.61. The molecule has 0 aromatic rings. The molecule has 1 aliphatic carbocycles. The van der Waals surface area contributed by atoms with Crippen LogP contribution in [0.15, 0.2) is 11.6 Å². The Hall–Kier alpha value is 0.633. The second kappa shape index (κ2) is 5.64. The van der Waals surface area contributed by atoms with Crippen molar-refractivity contribution in [2.45, 2.75) is 43.0 Å². The fraction of sp³-hybridized carbons (Fsp3) is 0.833. The summed E-state index contributed by atoms with van der Waals surface area (Å²) in [5.41, 5.74) is 1.76. The van der Waals surface area contributed by atoms with Gasteiger partial charge in [-0.25, -0.2) is 0 Å². The average Bonchev–Trinajstić information content (AvgIpc) is 2.49. The zero-order chi connectivity index (χ0) is 10.6. The fourth-order valence-corrected chi connectivity index (χ4v) is 14.3. The van der Waals surface area contributed by atoms with Gasteiger partial charge in [0.05, 0.1) is 0 Å². The molecule has 0 saturated heterocycles. The molecule has 1 rings (SSSR count). The van der Waals surface area contributed by atoms with Crippen LogP contribution in [0, 0.1) is 0 Å². The molecule has 0 bridgehead atoms. The first-order valence-electron chi connectivity index (χ1n) is 5.74.